The maximum atomic E-state index is 13.4. The number of rotatable bonds is 4. The molecule has 136 valence electrons. The van der Waals surface area contributed by atoms with Crippen LogP contribution in [-0.2, 0) is 11.2 Å². The minimum absolute atomic E-state index is 0.0239. The van der Waals surface area contributed by atoms with Crippen LogP contribution in [0.1, 0.15) is 29.8 Å². The van der Waals surface area contributed by atoms with Gasteiger partial charge in [0.05, 0.1) is 0 Å². The van der Waals surface area contributed by atoms with Crippen LogP contribution in [0.2, 0.25) is 0 Å². The van der Waals surface area contributed by atoms with Crippen LogP contribution in [0.4, 0.5) is 14.5 Å². The Kier molecular flexibility index (Phi) is 5.02. The first kappa shape index (κ1) is 18.0. The summed E-state index contributed by atoms with van der Waals surface area (Å²) >= 11 is 0. The maximum Gasteiger partial charge on any atom is 0.252 e. The molecule has 0 saturated heterocycles. The van der Waals surface area contributed by atoms with Crippen molar-refractivity contribution in [1.29, 1.82) is 0 Å². The molecule has 26 heavy (non-hydrogen) atoms. The number of carbonyl (C=O) groups excluding carboxylic acids is 2. The summed E-state index contributed by atoms with van der Waals surface area (Å²) in [6, 6.07) is 9.82. The molecule has 0 aliphatic carbocycles. The Balaban J connectivity index is 1.80. The number of fused-ring (bicyclic) bond motifs is 1. The third-order valence-electron chi connectivity index (χ3n) is 4.55. The van der Waals surface area contributed by atoms with E-state index in [1.165, 1.54) is 6.07 Å². The molecule has 1 heterocycles. The van der Waals surface area contributed by atoms with E-state index in [0.717, 1.165) is 29.8 Å². The zero-order chi connectivity index (χ0) is 18.8. The molecule has 0 unspecified atom stereocenters. The summed E-state index contributed by atoms with van der Waals surface area (Å²) in [6.07, 6.45) is 0.768. The van der Waals surface area contributed by atoms with Gasteiger partial charge in [-0.2, -0.15) is 0 Å². The number of amides is 2. The van der Waals surface area contributed by atoms with Crippen molar-refractivity contribution in [2.75, 3.05) is 11.4 Å². The Labute approximate surface area is 150 Å². The minimum atomic E-state index is -1.10. The fourth-order valence-electron chi connectivity index (χ4n) is 3.11. The van der Waals surface area contributed by atoms with E-state index in [4.69, 9.17) is 0 Å². The van der Waals surface area contributed by atoms with Crippen LogP contribution in [-0.4, -0.2) is 24.4 Å². The molecule has 1 aliphatic heterocycles. The standard InChI is InChI=1S/C20H20F2N2O2/c1-12(2)18(23-19(25)14-7-8-15(21)16(22)11-14)20(26)24-10-9-13-5-3-4-6-17(13)24/h3-8,11-12,18H,9-10H2,1-2H3,(H,23,25)/t18-/m1/s1. The maximum absolute atomic E-state index is 13.4. The lowest BCUT2D eigenvalue weighted by atomic mass is 10.0. The highest BCUT2D eigenvalue weighted by Gasteiger charge is 2.33. The van der Waals surface area contributed by atoms with Gasteiger partial charge in [-0.25, -0.2) is 8.78 Å². The van der Waals surface area contributed by atoms with Crippen LogP contribution < -0.4 is 10.2 Å². The zero-order valence-corrected chi connectivity index (χ0v) is 14.6. The summed E-state index contributed by atoms with van der Waals surface area (Å²) in [7, 11) is 0. The predicted octanol–water partition coefficient (Wildman–Crippen LogP) is 3.31. The molecule has 0 aromatic heterocycles. The number of carbonyl (C=O) groups is 2. The summed E-state index contributed by atoms with van der Waals surface area (Å²) in [4.78, 5) is 27.1. The van der Waals surface area contributed by atoms with Gasteiger partial charge >= 0.3 is 0 Å². The normalized spacial score (nSPS) is 14.3. The summed E-state index contributed by atoms with van der Waals surface area (Å²) < 4.78 is 26.4. The molecule has 1 aliphatic rings. The second-order valence-corrected chi connectivity index (χ2v) is 6.69. The average molecular weight is 358 g/mol. The van der Waals surface area contributed by atoms with Gasteiger partial charge in [0.1, 0.15) is 6.04 Å². The van der Waals surface area contributed by atoms with Gasteiger partial charge in [0.15, 0.2) is 11.6 Å². The lowest BCUT2D eigenvalue weighted by Crippen LogP contribution is -2.51. The topological polar surface area (TPSA) is 49.4 Å². The van der Waals surface area contributed by atoms with Crippen molar-refractivity contribution >= 4 is 17.5 Å². The Hall–Kier alpha value is -2.76. The lowest BCUT2D eigenvalue weighted by molar-refractivity contribution is -0.121. The van der Waals surface area contributed by atoms with E-state index in [2.05, 4.69) is 5.32 Å². The van der Waals surface area contributed by atoms with Crippen LogP contribution in [0.5, 0.6) is 0 Å². The van der Waals surface area contributed by atoms with Gasteiger partial charge in [-0.05, 0) is 42.2 Å². The van der Waals surface area contributed by atoms with Crippen molar-refractivity contribution in [3.05, 3.63) is 65.2 Å². The highest BCUT2D eigenvalue weighted by molar-refractivity contribution is 6.03. The largest absolute Gasteiger partial charge is 0.340 e. The van der Waals surface area contributed by atoms with Crippen LogP contribution in [0, 0.1) is 17.6 Å². The van der Waals surface area contributed by atoms with Crippen molar-refractivity contribution in [2.24, 2.45) is 5.92 Å². The van der Waals surface area contributed by atoms with Crippen LogP contribution in [0.15, 0.2) is 42.5 Å². The molecule has 0 saturated carbocycles. The Morgan fingerprint density at radius 1 is 1.08 bits per heavy atom. The molecular formula is C20H20F2N2O2. The third kappa shape index (κ3) is 3.45. The quantitative estimate of drug-likeness (QED) is 0.912. The van der Waals surface area contributed by atoms with Crippen molar-refractivity contribution < 1.29 is 18.4 Å². The van der Waals surface area contributed by atoms with E-state index in [1.54, 1.807) is 4.90 Å². The van der Waals surface area contributed by atoms with Crippen LogP contribution in [0.3, 0.4) is 0 Å². The van der Waals surface area contributed by atoms with Gasteiger partial charge in [-0.1, -0.05) is 32.0 Å². The monoisotopic (exact) mass is 358 g/mol. The smallest absolute Gasteiger partial charge is 0.252 e. The molecule has 0 bridgehead atoms. The molecule has 2 amide bonds. The number of para-hydroxylation sites is 1. The summed E-state index contributed by atoms with van der Waals surface area (Å²) in [5, 5.41) is 2.67. The molecule has 1 atom stereocenters. The second kappa shape index (κ2) is 7.23. The SMILES string of the molecule is CC(C)[C@@H](NC(=O)c1ccc(F)c(F)c1)C(=O)N1CCc2ccccc21. The molecular weight excluding hydrogens is 338 g/mol. The van der Waals surface area contributed by atoms with Crippen molar-refractivity contribution in [3.8, 4) is 0 Å². The van der Waals surface area contributed by atoms with Crippen molar-refractivity contribution in [3.63, 3.8) is 0 Å². The highest BCUT2D eigenvalue weighted by Crippen LogP contribution is 2.28. The fraction of sp³-hybridized carbons (Fsp3) is 0.300. The van der Waals surface area contributed by atoms with Gasteiger partial charge < -0.3 is 10.2 Å². The molecule has 1 N–H and O–H groups in total. The predicted molar refractivity (Wildman–Crippen MR) is 94.9 cm³/mol. The van der Waals surface area contributed by atoms with Gasteiger partial charge in [0, 0.05) is 17.8 Å². The lowest BCUT2D eigenvalue weighted by Gasteiger charge is -2.27. The molecule has 0 spiro atoms. The van der Waals surface area contributed by atoms with Crippen LogP contribution in [0.25, 0.3) is 0 Å². The fourth-order valence-corrected chi connectivity index (χ4v) is 3.11. The second-order valence-electron chi connectivity index (χ2n) is 6.69. The highest BCUT2D eigenvalue weighted by atomic mass is 19.2. The average Bonchev–Trinajstić information content (AvgIpc) is 3.05. The first-order valence-electron chi connectivity index (χ1n) is 8.53. The Morgan fingerprint density at radius 2 is 1.81 bits per heavy atom. The van der Waals surface area contributed by atoms with Gasteiger partial charge in [0.2, 0.25) is 5.91 Å². The molecule has 6 heteroatoms. The minimum Gasteiger partial charge on any atom is -0.340 e. The number of anilines is 1. The molecule has 4 nitrogen and oxygen atoms in total. The summed E-state index contributed by atoms with van der Waals surface area (Å²) in [6.45, 7) is 4.22. The first-order chi connectivity index (χ1) is 12.4. The van der Waals surface area contributed by atoms with E-state index >= 15 is 0 Å². The zero-order valence-electron chi connectivity index (χ0n) is 14.6. The van der Waals surface area contributed by atoms with Gasteiger partial charge in [-0.3, -0.25) is 9.59 Å². The summed E-state index contributed by atoms with van der Waals surface area (Å²) in [5.41, 5.74) is 1.92. The number of halogens is 2. The summed E-state index contributed by atoms with van der Waals surface area (Å²) in [5.74, 6) is -3.10. The number of benzene rings is 2. The van der Waals surface area contributed by atoms with Crippen LogP contribution >= 0.6 is 0 Å². The Bertz CT molecular complexity index is 851. The molecule has 0 fully saturated rings. The van der Waals surface area contributed by atoms with Crippen molar-refractivity contribution in [2.45, 2.75) is 26.3 Å². The van der Waals surface area contributed by atoms with E-state index < -0.39 is 23.6 Å². The molecule has 2 aromatic rings. The Morgan fingerprint density at radius 3 is 2.50 bits per heavy atom. The molecule has 0 radical (unpaired) electrons. The van der Waals surface area contributed by atoms with Gasteiger partial charge in [0.25, 0.3) is 5.91 Å². The molecule has 2 aromatic carbocycles. The first-order valence-corrected chi connectivity index (χ1v) is 8.53. The number of nitrogens with zero attached hydrogens (tertiary/aromatic N) is 1. The van der Waals surface area contributed by atoms with Gasteiger partial charge in [-0.15, -0.1) is 0 Å². The van der Waals surface area contributed by atoms with E-state index in [9.17, 15) is 18.4 Å². The van der Waals surface area contributed by atoms with E-state index in [0.29, 0.717) is 6.54 Å². The number of nitrogens with one attached hydrogen (secondary N) is 1. The van der Waals surface area contributed by atoms with Crippen molar-refractivity contribution in [1.82, 2.24) is 5.32 Å². The van der Waals surface area contributed by atoms with E-state index in [-0.39, 0.29) is 17.4 Å². The molecule has 3 rings (SSSR count). The number of hydrogen-bond acceptors (Lipinski definition) is 2. The number of hydrogen-bond donors (Lipinski definition) is 1. The third-order valence-corrected chi connectivity index (χ3v) is 4.55. The van der Waals surface area contributed by atoms with E-state index in [1.807, 2.05) is 38.1 Å².